The van der Waals surface area contributed by atoms with Gasteiger partial charge in [-0.2, -0.15) is 0 Å². The maximum atomic E-state index is 12.4. The number of hydrogen-bond donors (Lipinski definition) is 1. The van der Waals surface area contributed by atoms with Crippen molar-refractivity contribution in [3.63, 3.8) is 0 Å². The number of likely N-dealkylation sites (tertiary alicyclic amines) is 1. The van der Waals surface area contributed by atoms with Gasteiger partial charge in [-0.3, -0.25) is 4.79 Å². The third-order valence-corrected chi connectivity index (χ3v) is 4.99. The molecule has 1 aliphatic heterocycles. The summed E-state index contributed by atoms with van der Waals surface area (Å²) in [5.74, 6) is 0.790. The Balaban J connectivity index is 1.81. The molecule has 2 atom stereocenters. The number of aromatic nitrogens is 1. The first kappa shape index (κ1) is 15.4. The Hall–Kier alpha value is -0.940. The molecule has 0 bridgehead atoms. The summed E-state index contributed by atoms with van der Waals surface area (Å²) in [6.07, 6.45) is 4.68. The molecule has 2 rings (SSSR count). The molecule has 0 spiro atoms. The molecule has 1 aliphatic rings. The van der Waals surface area contributed by atoms with Gasteiger partial charge in [0.15, 0.2) is 0 Å². The van der Waals surface area contributed by atoms with Gasteiger partial charge >= 0.3 is 0 Å². The van der Waals surface area contributed by atoms with Crippen LogP contribution in [0.15, 0.2) is 5.38 Å². The normalized spacial score (nSPS) is 23.1. The second-order valence-electron chi connectivity index (χ2n) is 5.72. The Morgan fingerprint density at radius 3 is 3.05 bits per heavy atom. The Bertz CT molecular complexity index is 446. The number of thiazole rings is 1. The molecule has 0 aliphatic carbocycles. The fourth-order valence-electron chi connectivity index (χ4n) is 3.01. The van der Waals surface area contributed by atoms with E-state index in [1.165, 1.54) is 6.42 Å². The van der Waals surface area contributed by atoms with Crippen molar-refractivity contribution in [3.05, 3.63) is 16.1 Å². The highest BCUT2D eigenvalue weighted by Crippen LogP contribution is 2.23. The van der Waals surface area contributed by atoms with E-state index >= 15 is 0 Å². The second kappa shape index (κ2) is 7.18. The molecule has 112 valence electrons. The lowest BCUT2D eigenvalue weighted by Gasteiger charge is -2.39. The largest absolute Gasteiger partial charge is 0.338 e. The summed E-state index contributed by atoms with van der Waals surface area (Å²) in [5.41, 5.74) is 6.96. The first-order valence-electron chi connectivity index (χ1n) is 7.52. The standard InChI is InChI=1S/C15H25N3OS/c1-11-5-4-8-18(14(11)9-16)15(19)7-3-6-13-10-20-12(2)17-13/h10-11,14H,3-9,16H2,1-2H3/t11-,14+/m0/s1. The Labute approximate surface area is 125 Å². The van der Waals surface area contributed by atoms with Gasteiger partial charge in [-0.1, -0.05) is 6.92 Å². The lowest BCUT2D eigenvalue weighted by molar-refractivity contribution is -0.136. The quantitative estimate of drug-likeness (QED) is 0.907. The molecule has 20 heavy (non-hydrogen) atoms. The number of aryl methyl sites for hydroxylation is 2. The van der Waals surface area contributed by atoms with Gasteiger partial charge in [0.25, 0.3) is 0 Å². The second-order valence-corrected chi connectivity index (χ2v) is 6.78. The van der Waals surface area contributed by atoms with E-state index in [1.54, 1.807) is 11.3 Å². The minimum Gasteiger partial charge on any atom is -0.338 e. The van der Waals surface area contributed by atoms with Crippen LogP contribution in [0.5, 0.6) is 0 Å². The molecule has 1 saturated heterocycles. The third kappa shape index (κ3) is 3.79. The number of nitrogens with two attached hydrogens (primary N) is 1. The number of carbonyl (C=O) groups excluding carboxylic acids is 1. The van der Waals surface area contributed by atoms with E-state index in [9.17, 15) is 4.79 Å². The SMILES string of the molecule is Cc1nc(CCCC(=O)N2CCC[C@H](C)[C@H]2CN)cs1. The fraction of sp³-hybridized carbons (Fsp3) is 0.733. The molecule has 2 heterocycles. The number of amides is 1. The highest BCUT2D eigenvalue weighted by Gasteiger charge is 2.30. The third-order valence-electron chi connectivity index (χ3n) is 4.17. The summed E-state index contributed by atoms with van der Waals surface area (Å²) in [5, 5.41) is 3.19. The first-order valence-corrected chi connectivity index (χ1v) is 8.40. The van der Waals surface area contributed by atoms with E-state index in [1.807, 2.05) is 11.8 Å². The van der Waals surface area contributed by atoms with Gasteiger partial charge in [0.05, 0.1) is 10.7 Å². The minimum absolute atomic E-state index is 0.234. The lowest BCUT2D eigenvalue weighted by atomic mass is 9.90. The van der Waals surface area contributed by atoms with E-state index < -0.39 is 0 Å². The monoisotopic (exact) mass is 295 g/mol. The van der Waals surface area contributed by atoms with Crippen LogP contribution in [-0.4, -0.2) is 34.9 Å². The summed E-state index contributed by atoms with van der Waals surface area (Å²) < 4.78 is 0. The Kier molecular flexibility index (Phi) is 5.54. The van der Waals surface area contributed by atoms with Gasteiger partial charge in [0.2, 0.25) is 5.91 Å². The van der Waals surface area contributed by atoms with Crippen LogP contribution >= 0.6 is 11.3 Å². The number of rotatable bonds is 5. The molecular weight excluding hydrogens is 270 g/mol. The average molecular weight is 295 g/mol. The van der Waals surface area contributed by atoms with Gasteiger partial charge in [0, 0.05) is 30.9 Å². The van der Waals surface area contributed by atoms with E-state index in [0.29, 0.717) is 18.9 Å². The van der Waals surface area contributed by atoms with E-state index in [2.05, 4.69) is 17.3 Å². The molecule has 1 amide bonds. The number of carbonyl (C=O) groups is 1. The van der Waals surface area contributed by atoms with Crippen molar-refractivity contribution in [1.29, 1.82) is 0 Å². The first-order chi connectivity index (χ1) is 9.61. The molecule has 0 aromatic carbocycles. The summed E-state index contributed by atoms with van der Waals surface area (Å²) in [6, 6.07) is 0.234. The Morgan fingerprint density at radius 1 is 1.60 bits per heavy atom. The molecule has 1 fully saturated rings. The van der Waals surface area contributed by atoms with E-state index in [4.69, 9.17) is 5.73 Å². The van der Waals surface area contributed by atoms with Crippen molar-refractivity contribution in [2.45, 2.75) is 52.0 Å². The van der Waals surface area contributed by atoms with Gasteiger partial charge in [0.1, 0.15) is 0 Å². The molecule has 4 nitrogen and oxygen atoms in total. The fourth-order valence-corrected chi connectivity index (χ4v) is 3.65. The van der Waals surface area contributed by atoms with Crippen molar-refractivity contribution >= 4 is 17.2 Å². The van der Waals surface area contributed by atoms with Crippen molar-refractivity contribution in [1.82, 2.24) is 9.88 Å². The molecule has 1 aromatic rings. The Morgan fingerprint density at radius 2 is 2.40 bits per heavy atom. The van der Waals surface area contributed by atoms with Crippen LogP contribution in [0, 0.1) is 12.8 Å². The maximum absolute atomic E-state index is 12.4. The molecule has 1 aromatic heterocycles. The summed E-state index contributed by atoms with van der Waals surface area (Å²) in [7, 11) is 0. The van der Waals surface area contributed by atoms with Crippen molar-refractivity contribution in [2.24, 2.45) is 11.7 Å². The minimum atomic E-state index is 0.234. The lowest BCUT2D eigenvalue weighted by Crippen LogP contribution is -2.51. The van der Waals surface area contributed by atoms with Crippen LogP contribution in [0.4, 0.5) is 0 Å². The molecule has 0 unspecified atom stereocenters. The zero-order valence-corrected chi connectivity index (χ0v) is 13.3. The van der Waals surface area contributed by atoms with Gasteiger partial charge in [-0.15, -0.1) is 11.3 Å². The average Bonchev–Trinajstić information content (AvgIpc) is 2.84. The van der Waals surface area contributed by atoms with Crippen LogP contribution < -0.4 is 5.73 Å². The molecule has 0 radical (unpaired) electrons. The van der Waals surface area contributed by atoms with Crippen molar-refractivity contribution < 1.29 is 4.79 Å². The van der Waals surface area contributed by atoms with Crippen LogP contribution in [0.1, 0.15) is 43.3 Å². The number of hydrogen-bond acceptors (Lipinski definition) is 4. The molecule has 2 N–H and O–H groups in total. The number of nitrogens with zero attached hydrogens (tertiary/aromatic N) is 2. The topological polar surface area (TPSA) is 59.2 Å². The van der Waals surface area contributed by atoms with Crippen molar-refractivity contribution in [2.75, 3.05) is 13.1 Å². The predicted octanol–water partition coefficient (Wildman–Crippen LogP) is 2.36. The molecule has 5 heteroatoms. The van der Waals surface area contributed by atoms with Crippen LogP contribution in [0.3, 0.4) is 0 Å². The molecular formula is C15H25N3OS. The van der Waals surface area contributed by atoms with Gasteiger partial charge in [-0.25, -0.2) is 4.98 Å². The zero-order valence-electron chi connectivity index (χ0n) is 12.5. The zero-order chi connectivity index (χ0) is 14.5. The summed E-state index contributed by atoms with van der Waals surface area (Å²) in [6.45, 7) is 5.67. The predicted molar refractivity (Wildman–Crippen MR) is 82.7 cm³/mol. The van der Waals surface area contributed by atoms with Crippen LogP contribution in [0.25, 0.3) is 0 Å². The number of piperidine rings is 1. The van der Waals surface area contributed by atoms with Crippen LogP contribution in [0.2, 0.25) is 0 Å². The summed E-state index contributed by atoms with van der Waals surface area (Å²) in [4.78, 5) is 18.8. The van der Waals surface area contributed by atoms with E-state index in [-0.39, 0.29) is 11.9 Å². The van der Waals surface area contributed by atoms with E-state index in [0.717, 1.165) is 36.5 Å². The molecule has 0 saturated carbocycles. The van der Waals surface area contributed by atoms with Gasteiger partial charge in [-0.05, 0) is 38.5 Å². The van der Waals surface area contributed by atoms with Crippen LogP contribution in [-0.2, 0) is 11.2 Å². The highest BCUT2D eigenvalue weighted by atomic mass is 32.1. The summed E-state index contributed by atoms with van der Waals surface area (Å²) >= 11 is 1.67. The van der Waals surface area contributed by atoms with Crippen molar-refractivity contribution in [3.8, 4) is 0 Å². The highest BCUT2D eigenvalue weighted by molar-refractivity contribution is 7.09. The maximum Gasteiger partial charge on any atom is 0.222 e. The smallest absolute Gasteiger partial charge is 0.222 e. The van der Waals surface area contributed by atoms with Gasteiger partial charge < -0.3 is 10.6 Å².